The fourth-order valence-electron chi connectivity index (χ4n) is 2.60. The number of likely N-dealkylation sites (tertiary alicyclic amines) is 1. The number of hydrogen-bond donors (Lipinski definition) is 1. The fourth-order valence-corrected chi connectivity index (χ4v) is 2.70. The molecule has 2 unspecified atom stereocenters. The predicted octanol–water partition coefficient (Wildman–Crippen LogP) is 2.97. The number of halogens is 1. The Morgan fingerprint density at radius 2 is 2.32 bits per heavy atom. The molecule has 0 radical (unpaired) electrons. The van der Waals surface area contributed by atoms with Crippen LogP contribution in [0.2, 0.25) is 5.02 Å². The highest BCUT2D eigenvalue weighted by atomic mass is 35.5. The van der Waals surface area contributed by atoms with Gasteiger partial charge in [0.15, 0.2) is 0 Å². The van der Waals surface area contributed by atoms with Crippen LogP contribution < -0.4 is 5.32 Å². The van der Waals surface area contributed by atoms with Crippen LogP contribution in [0.15, 0.2) is 25.0 Å². The van der Waals surface area contributed by atoms with E-state index >= 15 is 0 Å². The minimum absolute atomic E-state index is 0.0466. The molecule has 1 aromatic rings. The molecule has 1 fully saturated rings. The van der Waals surface area contributed by atoms with Crippen molar-refractivity contribution in [3.05, 3.63) is 30.1 Å². The smallest absolute Gasteiger partial charge is 0.410 e. The van der Waals surface area contributed by atoms with Gasteiger partial charge >= 0.3 is 6.09 Å². The van der Waals surface area contributed by atoms with E-state index in [1.54, 1.807) is 11.0 Å². The van der Waals surface area contributed by atoms with Crippen LogP contribution in [0.3, 0.4) is 0 Å². The lowest BCUT2D eigenvalue weighted by atomic mass is 9.91. The monoisotopic (exact) mass is 324 g/mol. The Labute approximate surface area is 135 Å². The number of nitrogens with one attached hydrogen (secondary N) is 1. The lowest BCUT2D eigenvalue weighted by Gasteiger charge is -2.39. The highest BCUT2D eigenvalue weighted by Crippen LogP contribution is 2.24. The molecule has 1 aromatic heterocycles. The van der Waals surface area contributed by atoms with Gasteiger partial charge in [-0.1, -0.05) is 31.2 Å². The number of piperidine rings is 1. The highest BCUT2D eigenvalue weighted by Gasteiger charge is 2.32. The van der Waals surface area contributed by atoms with Gasteiger partial charge in [-0.3, -0.25) is 0 Å². The third kappa shape index (κ3) is 4.34. The minimum Gasteiger partial charge on any atom is -0.445 e. The maximum Gasteiger partial charge on any atom is 0.410 e. The van der Waals surface area contributed by atoms with Gasteiger partial charge in [-0.25, -0.2) is 14.8 Å². The molecular formula is C15H21ClN4O2. The summed E-state index contributed by atoms with van der Waals surface area (Å²) >= 11 is 5.77. The maximum absolute atomic E-state index is 12.1. The number of rotatable bonds is 5. The Hall–Kier alpha value is -1.82. The Kier molecular flexibility index (Phi) is 6.00. The molecule has 1 aliphatic rings. The zero-order valence-corrected chi connectivity index (χ0v) is 13.4. The highest BCUT2D eigenvalue weighted by molar-refractivity contribution is 6.30. The Balaban J connectivity index is 1.98. The van der Waals surface area contributed by atoms with Crippen molar-refractivity contribution in [2.75, 3.05) is 25.0 Å². The van der Waals surface area contributed by atoms with E-state index in [4.69, 9.17) is 16.3 Å². The van der Waals surface area contributed by atoms with E-state index in [1.165, 1.54) is 12.4 Å². The van der Waals surface area contributed by atoms with Crippen LogP contribution in [-0.4, -0.2) is 46.7 Å². The summed E-state index contributed by atoms with van der Waals surface area (Å²) in [5, 5.41) is 3.65. The summed E-state index contributed by atoms with van der Waals surface area (Å²) in [5.41, 5.74) is 0. The van der Waals surface area contributed by atoms with Gasteiger partial charge in [0, 0.05) is 13.1 Å². The van der Waals surface area contributed by atoms with Gasteiger partial charge in [-0.2, -0.15) is 0 Å². The quantitative estimate of drug-likeness (QED) is 0.843. The van der Waals surface area contributed by atoms with Gasteiger partial charge < -0.3 is 15.0 Å². The molecule has 1 amide bonds. The number of hydrogen-bond acceptors (Lipinski definition) is 5. The Morgan fingerprint density at radius 3 is 3.00 bits per heavy atom. The SMILES string of the molecule is C=CCOC(=O)N1CCCC(C)C1CNc1ncc(Cl)cn1. The van der Waals surface area contributed by atoms with Gasteiger partial charge in [-0.15, -0.1) is 0 Å². The second kappa shape index (κ2) is 7.98. The molecule has 0 aromatic carbocycles. The van der Waals surface area contributed by atoms with E-state index in [-0.39, 0.29) is 18.7 Å². The zero-order valence-electron chi connectivity index (χ0n) is 12.7. The van der Waals surface area contributed by atoms with E-state index < -0.39 is 0 Å². The number of anilines is 1. The Bertz CT molecular complexity index is 509. The lowest BCUT2D eigenvalue weighted by Crippen LogP contribution is -2.51. The zero-order chi connectivity index (χ0) is 15.9. The summed E-state index contributed by atoms with van der Waals surface area (Å²) < 4.78 is 5.17. The number of ether oxygens (including phenoxy) is 1. The second-order valence-electron chi connectivity index (χ2n) is 5.35. The molecule has 1 saturated heterocycles. The summed E-state index contributed by atoms with van der Waals surface area (Å²) in [4.78, 5) is 22.1. The maximum atomic E-state index is 12.1. The van der Waals surface area contributed by atoms with E-state index in [0.717, 1.165) is 12.8 Å². The average molecular weight is 325 g/mol. The van der Waals surface area contributed by atoms with Gasteiger partial charge in [0.2, 0.25) is 5.95 Å². The molecule has 120 valence electrons. The van der Waals surface area contributed by atoms with E-state index in [2.05, 4.69) is 28.8 Å². The summed E-state index contributed by atoms with van der Waals surface area (Å²) in [5.74, 6) is 0.881. The molecule has 7 heteroatoms. The van der Waals surface area contributed by atoms with Crippen molar-refractivity contribution >= 4 is 23.6 Å². The molecule has 22 heavy (non-hydrogen) atoms. The number of nitrogens with zero attached hydrogens (tertiary/aromatic N) is 3. The van der Waals surface area contributed by atoms with Crippen LogP contribution >= 0.6 is 11.6 Å². The largest absolute Gasteiger partial charge is 0.445 e. The molecule has 1 N–H and O–H groups in total. The van der Waals surface area contributed by atoms with Crippen molar-refractivity contribution in [1.82, 2.24) is 14.9 Å². The Morgan fingerprint density at radius 1 is 1.59 bits per heavy atom. The van der Waals surface area contributed by atoms with Crippen molar-refractivity contribution in [3.63, 3.8) is 0 Å². The third-order valence-electron chi connectivity index (χ3n) is 3.76. The molecule has 0 saturated carbocycles. The molecule has 6 nitrogen and oxygen atoms in total. The first-order valence-corrected chi connectivity index (χ1v) is 7.75. The van der Waals surface area contributed by atoms with Crippen molar-refractivity contribution in [3.8, 4) is 0 Å². The van der Waals surface area contributed by atoms with Crippen LogP contribution in [-0.2, 0) is 4.74 Å². The predicted molar refractivity (Wildman–Crippen MR) is 86.0 cm³/mol. The summed E-state index contributed by atoms with van der Waals surface area (Å²) in [6, 6.07) is 0.0466. The van der Waals surface area contributed by atoms with Crippen molar-refractivity contribution in [1.29, 1.82) is 0 Å². The molecule has 0 aliphatic carbocycles. The van der Waals surface area contributed by atoms with Crippen LogP contribution in [0.4, 0.5) is 10.7 Å². The van der Waals surface area contributed by atoms with Crippen molar-refractivity contribution < 1.29 is 9.53 Å². The van der Waals surface area contributed by atoms with Gasteiger partial charge in [-0.05, 0) is 18.8 Å². The normalized spacial score (nSPS) is 21.3. The van der Waals surface area contributed by atoms with Crippen LogP contribution in [0.25, 0.3) is 0 Å². The number of carbonyl (C=O) groups excluding carboxylic acids is 1. The molecule has 0 spiro atoms. The first kappa shape index (κ1) is 16.5. The number of aromatic nitrogens is 2. The van der Waals surface area contributed by atoms with Crippen LogP contribution in [0, 0.1) is 5.92 Å². The van der Waals surface area contributed by atoms with Crippen molar-refractivity contribution in [2.24, 2.45) is 5.92 Å². The van der Waals surface area contributed by atoms with Gasteiger partial charge in [0.05, 0.1) is 23.5 Å². The van der Waals surface area contributed by atoms with Gasteiger partial charge in [0.1, 0.15) is 6.61 Å². The molecule has 2 heterocycles. The fraction of sp³-hybridized carbons (Fsp3) is 0.533. The molecule has 2 atom stereocenters. The number of carbonyl (C=O) groups is 1. The standard InChI is InChI=1S/C15H21ClN4O2/c1-3-7-22-15(21)20-6-4-5-11(2)13(20)10-19-14-17-8-12(16)9-18-14/h3,8-9,11,13H,1,4-7,10H2,2H3,(H,17,18,19). The van der Waals surface area contributed by atoms with E-state index in [1.807, 2.05) is 0 Å². The first-order chi connectivity index (χ1) is 10.6. The van der Waals surface area contributed by atoms with E-state index in [0.29, 0.717) is 30.0 Å². The second-order valence-corrected chi connectivity index (χ2v) is 5.79. The summed E-state index contributed by atoms with van der Waals surface area (Å²) in [7, 11) is 0. The first-order valence-electron chi connectivity index (χ1n) is 7.37. The molecule has 1 aliphatic heterocycles. The molecule has 2 rings (SSSR count). The average Bonchev–Trinajstić information content (AvgIpc) is 2.52. The van der Waals surface area contributed by atoms with Crippen LogP contribution in [0.5, 0.6) is 0 Å². The molecule has 0 bridgehead atoms. The van der Waals surface area contributed by atoms with E-state index in [9.17, 15) is 4.79 Å². The lowest BCUT2D eigenvalue weighted by molar-refractivity contribution is 0.0665. The van der Waals surface area contributed by atoms with Gasteiger partial charge in [0.25, 0.3) is 0 Å². The summed E-state index contributed by atoms with van der Waals surface area (Å²) in [6.07, 6.45) is 6.42. The van der Waals surface area contributed by atoms with Crippen molar-refractivity contribution in [2.45, 2.75) is 25.8 Å². The minimum atomic E-state index is -0.296. The topological polar surface area (TPSA) is 67.3 Å². The summed E-state index contributed by atoms with van der Waals surface area (Å²) in [6.45, 7) is 7.20. The van der Waals surface area contributed by atoms with Crippen LogP contribution in [0.1, 0.15) is 19.8 Å². The molecular weight excluding hydrogens is 304 g/mol. The number of amides is 1. The third-order valence-corrected chi connectivity index (χ3v) is 3.96.